The fraction of sp³-hybridized carbons (Fsp3) is 0.650. The largest absolute Gasteiger partial charge is 0.375 e. The summed E-state index contributed by atoms with van der Waals surface area (Å²) in [4.78, 5) is 40.0. The number of anilines is 1. The third-order valence-electron chi connectivity index (χ3n) is 5.68. The van der Waals surface area contributed by atoms with E-state index in [4.69, 9.17) is 10.5 Å². The van der Waals surface area contributed by atoms with Crippen molar-refractivity contribution in [3.8, 4) is 0 Å². The van der Waals surface area contributed by atoms with Crippen LogP contribution in [0.25, 0.3) is 0 Å². The lowest BCUT2D eigenvalue weighted by Gasteiger charge is -2.28. The number of fused-ring (bicyclic) bond motifs is 1. The molecule has 1 heterocycles. The maximum atomic E-state index is 12.7. The van der Waals surface area contributed by atoms with Gasteiger partial charge in [-0.3, -0.25) is 14.4 Å². The van der Waals surface area contributed by atoms with Crippen LogP contribution in [-0.2, 0) is 27.2 Å². The van der Waals surface area contributed by atoms with Crippen molar-refractivity contribution in [1.29, 1.82) is 0 Å². The monoisotopic (exact) mass is 407 g/mol. The second-order valence-corrected chi connectivity index (χ2v) is 8.97. The summed E-state index contributed by atoms with van der Waals surface area (Å²) in [6, 6.07) is 0.0707. The summed E-state index contributed by atoms with van der Waals surface area (Å²) in [5.41, 5.74) is 7.04. The summed E-state index contributed by atoms with van der Waals surface area (Å²) >= 11 is 1.44. The zero-order valence-corrected chi connectivity index (χ0v) is 17.4. The molecule has 154 valence electrons. The Labute approximate surface area is 169 Å². The van der Waals surface area contributed by atoms with E-state index < -0.39 is 5.91 Å². The summed E-state index contributed by atoms with van der Waals surface area (Å²) in [5.74, 6) is -0.435. The average Bonchev–Trinajstić information content (AvgIpc) is 3.26. The molecule has 2 aliphatic rings. The predicted octanol–water partition coefficient (Wildman–Crippen LogP) is 2.33. The first kappa shape index (κ1) is 20.8. The minimum absolute atomic E-state index is 0.0377. The Morgan fingerprint density at radius 2 is 1.96 bits per heavy atom. The smallest absolute Gasteiger partial charge is 0.251 e. The molecule has 0 spiro atoms. The number of amides is 3. The molecule has 0 aliphatic heterocycles. The number of methoxy groups -OCH3 is 1. The molecule has 28 heavy (non-hydrogen) atoms. The van der Waals surface area contributed by atoms with Crippen molar-refractivity contribution in [3.63, 3.8) is 0 Å². The van der Waals surface area contributed by atoms with E-state index in [9.17, 15) is 14.4 Å². The molecular formula is C20H29N3O4S. The highest BCUT2D eigenvalue weighted by Gasteiger charge is 2.30. The molecule has 1 aromatic heterocycles. The van der Waals surface area contributed by atoms with Gasteiger partial charge >= 0.3 is 0 Å². The van der Waals surface area contributed by atoms with E-state index in [2.05, 4.69) is 12.2 Å². The van der Waals surface area contributed by atoms with Crippen LogP contribution in [0.15, 0.2) is 0 Å². The molecule has 7 nitrogen and oxygen atoms in total. The van der Waals surface area contributed by atoms with E-state index in [1.54, 1.807) is 4.90 Å². The number of nitrogens with zero attached hydrogens (tertiary/aromatic N) is 1. The Balaban J connectivity index is 1.76. The molecule has 0 saturated heterocycles. The molecule has 1 aromatic rings. The summed E-state index contributed by atoms with van der Waals surface area (Å²) < 4.78 is 4.98. The number of hydrogen-bond donors (Lipinski definition) is 2. The fourth-order valence-corrected chi connectivity index (χ4v) is 5.70. The van der Waals surface area contributed by atoms with Gasteiger partial charge in [-0.05, 0) is 43.6 Å². The summed E-state index contributed by atoms with van der Waals surface area (Å²) in [6.07, 6.45) is 6.65. The third-order valence-corrected chi connectivity index (χ3v) is 6.85. The number of rotatable bonds is 7. The van der Waals surface area contributed by atoms with Crippen LogP contribution in [0.5, 0.6) is 0 Å². The van der Waals surface area contributed by atoms with E-state index in [1.807, 2.05) is 0 Å². The number of ether oxygens (including phenoxy) is 1. The number of primary amides is 1. The maximum Gasteiger partial charge on any atom is 0.251 e. The van der Waals surface area contributed by atoms with Crippen molar-refractivity contribution < 1.29 is 19.1 Å². The number of carbonyl (C=O) groups excluding carboxylic acids is 3. The first-order valence-corrected chi connectivity index (χ1v) is 10.7. The van der Waals surface area contributed by atoms with Crippen LogP contribution in [0.3, 0.4) is 0 Å². The van der Waals surface area contributed by atoms with E-state index in [-0.39, 0.29) is 31.0 Å². The molecular weight excluding hydrogens is 378 g/mol. The van der Waals surface area contributed by atoms with Crippen LogP contribution in [0.2, 0.25) is 0 Å². The second-order valence-electron chi connectivity index (χ2n) is 7.86. The standard InChI is InChI=1S/C20H29N3O4S/c1-12-7-8-14-15(9-12)28-20(18(14)19(21)26)22-16(24)10-23(17(25)11-27-2)13-5-3-4-6-13/h12-13H,3-11H2,1-2H3,(H2,21,26)(H,22,24). The highest BCUT2D eigenvalue weighted by Crippen LogP contribution is 2.39. The highest BCUT2D eigenvalue weighted by molar-refractivity contribution is 7.17. The average molecular weight is 408 g/mol. The normalized spacial score (nSPS) is 19.3. The van der Waals surface area contributed by atoms with Crippen molar-refractivity contribution in [1.82, 2.24) is 4.90 Å². The molecule has 3 N–H and O–H groups in total. The Bertz CT molecular complexity index is 755. The quantitative estimate of drug-likeness (QED) is 0.724. The van der Waals surface area contributed by atoms with Crippen LogP contribution < -0.4 is 11.1 Å². The minimum Gasteiger partial charge on any atom is -0.375 e. The fourth-order valence-electron chi connectivity index (χ4n) is 4.26. The van der Waals surface area contributed by atoms with Crippen LogP contribution in [-0.4, -0.2) is 48.9 Å². The third kappa shape index (κ3) is 4.55. The van der Waals surface area contributed by atoms with Crippen LogP contribution in [0.4, 0.5) is 5.00 Å². The van der Waals surface area contributed by atoms with E-state index in [0.717, 1.165) is 55.4 Å². The van der Waals surface area contributed by atoms with Gasteiger partial charge in [-0.2, -0.15) is 0 Å². The molecule has 0 aromatic carbocycles. The van der Waals surface area contributed by atoms with Gasteiger partial charge in [0.15, 0.2) is 0 Å². The Hall–Kier alpha value is -1.93. The van der Waals surface area contributed by atoms with Crippen molar-refractivity contribution >= 4 is 34.1 Å². The number of thiophene rings is 1. The van der Waals surface area contributed by atoms with E-state index in [0.29, 0.717) is 16.5 Å². The Morgan fingerprint density at radius 3 is 2.61 bits per heavy atom. The van der Waals surface area contributed by atoms with Gasteiger partial charge in [-0.15, -0.1) is 11.3 Å². The number of nitrogens with one attached hydrogen (secondary N) is 1. The van der Waals surface area contributed by atoms with Gasteiger partial charge in [-0.25, -0.2) is 0 Å². The van der Waals surface area contributed by atoms with Crippen molar-refractivity contribution in [2.45, 2.75) is 57.9 Å². The van der Waals surface area contributed by atoms with Crippen LogP contribution in [0.1, 0.15) is 59.8 Å². The Morgan fingerprint density at radius 1 is 1.25 bits per heavy atom. The lowest BCUT2D eigenvalue weighted by Crippen LogP contribution is -2.45. The Kier molecular flexibility index (Phi) is 6.72. The minimum atomic E-state index is -0.509. The molecule has 1 atom stereocenters. The zero-order chi connectivity index (χ0) is 20.3. The lowest BCUT2D eigenvalue weighted by molar-refractivity contribution is -0.140. The summed E-state index contributed by atoms with van der Waals surface area (Å²) in [7, 11) is 1.47. The van der Waals surface area contributed by atoms with Gasteiger partial charge in [0.1, 0.15) is 18.2 Å². The molecule has 0 bridgehead atoms. The van der Waals surface area contributed by atoms with Gasteiger partial charge in [0, 0.05) is 18.0 Å². The van der Waals surface area contributed by atoms with Crippen molar-refractivity contribution in [3.05, 3.63) is 16.0 Å². The molecule has 1 fully saturated rings. The van der Waals surface area contributed by atoms with Gasteiger partial charge < -0.3 is 20.7 Å². The molecule has 2 aliphatic carbocycles. The van der Waals surface area contributed by atoms with E-state index in [1.165, 1.54) is 18.4 Å². The SMILES string of the molecule is COCC(=O)N(CC(=O)Nc1sc2c(c1C(N)=O)CCC(C)C2)C1CCCC1. The first-order valence-electron chi connectivity index (χ1n) is 9.93. The van der Waals surface area contributed by atoms with Crippen LogP contribution >= 0.6 is 11.3 Å². The van der Waals surface area contributed by atoms with Crippen LogP contribution in [0, 0.1) is 5.92 Å². The topological polar surface area (TPSA) is 102 Å². The molecule has 3 rings (SSSR count). The molecule has 3 amide bonds. The summed E-state index contributed by atoms with van der Waals surface area (Å²) in [6.45, 7) is 2.11. The second kappa shape index (κ2) is 9.05. The van der Waals surface area contributed by atoms with Gasteiger partial charge in [0.25, 0.3) is 5.91 Å². The van der Waals surface area contributed by atoms with Crippen molar-refractivity contribution in [2.24, 2.45) is 11.7 Å². The lowest BCUT2D eigenvalue weighted by atomic mass is 9.88. The highest BCUT2D eigenvalue weighted by atomic mass is 32.1. The molecule has 1 saturated carbocycles. The maximum absolute atomic E-state index is 12.7. The first-order chi connectivity index (χ1) is 13.4. The van der Waals surface area contributed by atoms with Gasteiger partial charge in [-0.1, -0.05) is 19.8 Å². The number of nitrogens with two attached hydrogens (primary N) is 1. The van der Waals surface area contributed by atoms with Crippen molar-refractivity contribution in [2.75, 3.05) is 25.6 Å². The number of carbonyl (C=O) groups is 3. The molecule has 8 heteroatoms. The molecule has 1 unspecified atom stereocenters. The molecule has 0 radical (unpaired) electrons. The van der Waals surface area contributed by atoms with Gasteiger partial charge in [0.2, 0.25) is 11.8 Å². The number of hydrogen-bond acceptors (Lipinski definition) is 5. The summed E-state index contributed by atoms with van der Waals surface area (Å²) in [5, 5.41) is 3.37. The van der Waals surface area contributed by atoms with E-state index >= 15 is 0 Å². The predicted molar refractivity (Wildman–Crippen MR) is 109 cm³/mol. The van der Waals surface area contributed by atoms with Gasteiger partial charge in [0.05, 0.1) is 5.56 Å². The zero-order valence-electron chi connectivity index (χ0n) is 16.6.